The summed E-state index contributed by atoms with van der Waals surface area (Å²) in [4.78, 5) is 38.3. The molecule has 1 aromatic heterocycles. The molecule has 9 nitrogen and oxygen atoms in total. The zero-order chi connectivity index (χ0) is 27.2. The minimum absolute atomic E-state index is 0.0167. The van der Waals surface area contributed by atoms with E-state index in [1.807, 2.05) is 11.0 Å². The lowest BCUT2D eigenvalue weighted by atomic mass is 9.65. The van der Waals surface area contributed by atoms with Crippen LogP contribution in [0.3, 0.4) is 0 Å². The zero-order valence-corrected chi connectivity index (χ0v) is 21.3. The average molecular weight is 523 g/mol. The summed E-state index contributed by atoms with van der Waals surface area (Å²) in [6.45, 7) is 5.42. The molecule has 38 heavy (non-hydrogen) atoms. The monoisotopic (exact) mass is 522 g/mol. The molecule has 1 aromatic carbocycles. The number of amides is 2. The Balaban J connectivity index is 1.54. The topological polar surface area (TPSA) is 111 Å². The van der Waals surface area contributed by atoms with Gasteiger partial charge in [0, 0.05) is 26.1 Å². The van der Waals surface area contributed by atoms with Crippen molar-refractivity contribution in [3.63, 3.8) is 0 Å². The van der Waals surface area contributed by atoms with E-state index >= 15 is 4.39 Å². The highest BCUT2D eigenvalue weighted by atomic mass is 19.1. The van der Waals surface area contributed by atoms with Crippen molar-refractivity contribution in [1.29, 1.82) is 5.26 Å². The molecule has 1 aliphatic carbocycles. The smallest absolute Gasteiger partial charge is 0.318 e. The van der Waals surface area contributed by atoms with Crippen LogP contribution >= 0.6 is 0 Å². The van der Waals surface area contributed by atoms with Gasteiger partial charge in [-0.2, -0.15) is 15.2 Å². The standard InChI is InChI=1S/C27H28F2N6O3/c1-15-6-7-19-18(21(15)29)5-4-9-27(19)13-20-22(32-25(27)37)23(33-26(31-20)38-3)34-11-12-35(24(36)16(2)28)17(14-34)8-10-30/h6-7,17H,2,4-5,8-9,11-14H2,1,3H3,(H,32,37). The molecule has 1 fully saturated rings. The van der Waals surface area contributed by atoms with Crippen molar-refractivity contribution in [2.24, 2.45) is 0 Å². The van der Waals surface area contributed by atoms with Gasteiger partial charge in [0.1, 0.15) is 11.5 Å². The Morgan fingerprint density at radius 3 is 2.87 bits per heavy atom. The number of piperazine rings is 1. The number of nitrogens with zero attached hydrogens (tertiary/aromatic N) is 5. The maximum atomic E-state index is 15.0. The van der Waals surface area contributed by atoms with Crippen molar-refractivity contribution in [2.45, 2.75) is 50.5 Å². The molecule has 2 aromatic rings. The van der Waals surface area contributed by atoms with Gasteiger partial charge in [0.25, 0.3) is 5.91 Å². The fraction of sp³-hybridized carbons (Fsp3) is 0.444. The number of carbonyl (C=O) groups excluding carboxylic acids is 2. The summed E-state index contributed by atoms with van der Waals surface area (Å²) in [6, 6.07) is 5.10. The van der Waals surface area contributed by atoms with Gasteiger partial charge in [-0.15, -0.1) is 0 Å². The lowest BCUT2D eigenvalue weighted by molar-refractivity contribution is -0.131. The number of rotatable bonds is 4. The molecular weight excluding hydrogens is 494 g/mol. The predicted molar refractivity (Wildman–Crippen MR) is 135 cm³/mol. The zero-order valence-electron chi connectivity index (χ0n) is 21.3. The fourth-order valence-corrected chi connectivity index (χ4v) is 5.95. The summed E-state index contributed by atoms with van der Waals surface area (Å²) in [6.07, 6.45) is 2.01. The fourth-order valence-electron chi connectivity index (χ4n) is 5.95. The van der Waals surface area contributed by atoms with E-state index in [2.05, 4.69) is 27.9 Å². The average Bonchev–Trinajstić information content (AvgIpc) is 2.91. The normalized spacial score (nSPS) is 22.3. The third kappa shape index (κ3) is 4.04. The molecule has 5 rings (SSSR count). The summed E-state index contributed by atoms with van der Waals surface area (Å²) in [7, 11) is 1.44. The summed E-state index contributed by atoms with van der Waals surface area (Å²) in [5, 5.41) is 12.3. The second kappa shape index (κ2) is 9.67. The number of hydrogen-bond donors (Lipinski definition) is 1. The minimum atomic E-state index is -1.08. The SMILES string of the molecule is C=C(F)C(=O)N1CCN(c2nc(OC)nc3c2NC(=O)C2(CCCc4c2ccc(C)c4F)C3)CC1CC#N. The Morgan fingerprint density at radius 1 is 1.37 bits per heavy atom. The number of aryl methyl sites for hydroxylation is 1. The second-order valence-electron chi connectivity index (χ2n) is 10.0. The summed E-state index contributed by atoms with van der Waals surface area (Å²) in [5.74, 6) is -2.05. The molecule has 2 unspecified atom stereocenters. The van der Waals surface area contributed by atoms with E-state index in [0.717, 1.165) is 0 Å². The van der Waals surface area contributed by atoms with Crippen LogP contribution in [0, 0.1) is 24.1 Å². The van der Waals surface area contributed by atoms with E-state index in [1.165, 1.54) is 12.0 Å². The van der Waals surface area contributed by atoms with E-state index < -0.39 is 23.2 Å². The van der Waals surface area contributed by atoms with Gasteiger partial charge in [-0.3, -0.25) is 9.59 Å². The Labute approximate surface area is 219 Å². The van der Waals surface area contributed by atoms with Crippen molar-refractivity contribution in [3.05, 3.63) is 52.7 Å². The van der Waals surface area contributed by atoms with Crippen molar-refractivity contribution in [3.8, 4) is 12.1 Å². The number of fused-ring (bicyclic) bond motifs is 3. The maximum Gasteiger partial charge on any atom is 0.318 e. The number of halogens is 2. The first-order valence-corrected chi connectivity index (χ1v) is 12.5. The van der Waals surface area contributed by atoms with Crippen LogP contribution in [0.2, 0.25) is 0 Å². The van der Waals surface area contributed by atoms with E-state index in [-0.39, 0.29) is 50.2 Å². The van der Waals surface area contributed by atoms with E-state index in [1.54, 1.807) is 13.0 Å². The van der Waals surface area contributed by atoms with Gasteiger partial charge >= 0.3 is 6.01 Å². The number of hydrogen-bond acceptors (Lipinski definition) is 7. The highest BCUT2D eigenvalue weighted by Gasteiger charge is 2.49. The predicted octanol–water partition coefficient (Wildman–Crippen LogP) is 3.12. The van der Waals surface area contributed by atoms with Crippen LogP contribution < -0.4 is 15.0 Å². The Bertz CT molecular complexity index is 1390. The van der Waals surface area contributed by atoms with Crippen LogP contribution in [0.25, 0.3) is 0 Å². The van der Waals surface area contributed by atoms with Crippen LogP contribution in [0.4, 0.5) is 20.3 Å². The number of carbonyl (C=O) groups is 2. The molecule has 3 aliphatic rings. The summed E-state index contributed by atoms with van der Waals surface area (Å²) in [5.41, 5.74) is 1.82. The van der Waals surface area contributed by atoms with Crippen molar-refractivity contribution < 1.29 is 23.1 Å². The molecule has 198 valence electrons. The molecule has 2 aliphatic heterocycles. The van der Waals surface area contributed by atoms with Gasteiger partial charge in [0.05, 0.1) is 36.8 Å². The van der Waals surface area contributed by atoms with Crippen LogP contribution in [0.15, 0.2) is 24.5 Å². The molecule has 2 amide bonds. The molecular formula is C27H28F2N6O3. The first-order valence-electron chi connectivity index (χ1n) is 12.5. The molecule has 1 saturated heterocycles. The Morgan fingerprint density at radius 2 is 2.16 bits per heavy atom. The lowest BCUT2D eigenvalue weighted by Crippen LogP contribution is -2.56. The molecule has 2 atom stereocenters. The number of aromatic nitrogens is 2. The Hall–Kier alpha value is -4.07. The van der Waals surface area contributed by atoms with Gasteiger partial charge in [-0.05, 0) is 42.9 Å². The number of methoxy groups -OCH3 is 1. The van der Waals surface area contributed by atoms with Crippen LogP contribution in [0.5, 0.6) is 6.01 Å². The van der Waals surface area contributed by atoms with Gasteiger partial charge in [-0.25, -0.2) is 8.78 Å². The van der Waals surface area contributed by atoms with Gasteiger partial charge < -0.3 is 19.9 Å². The number of nitriles is 1. The maximum absolute atomic E-state index is 15.0. The van der Waals surface area contributed by atoms with Gasteiger partial charge in [0.15, 0.2) is 11.6 Å². The summed E-state index contributed by atoms with van der Waals surface area (Å²) >= 11 is 0. The quantitative estimate of drug-likeness (QED) is 0.614. The van der Waals surface area contributed by atoms with Crippen molar-refractivity contribution >= 4 is 23.3 Å². The van der Waals surface area contributed by atoms with E-state index in [9.17, 15) is 19.2 Å². The molecule has 11 heteroatoms. The highest BCUT2D eigenvalue weighted by Crippen LogP contribution is 2.47. The number of ether oxygens (including phenoxy) is 1. The van der Waals surface area contributed by atoms with E-state index in [0.29, 0.717) is 53.2 Å². The van der Waals surface area contributed by atoms with Gasteiger partial charge in [-0.1, -0.05) is 18.7 Å². The third-order valence-corrected chi connectivity index (χ3v) is 7.85. The van der Waals surface area contributed by atoms with Crippen LogP contribution in [0.1, 0.15) is 41.6 Å². The first kappa shape index (κ1) is 25.6. The van der Waals surface area contributed by atoms with Crippen LogP contribution in [-0.4, -0.2) is 59.5 Å². The lowest BCUT2D eigenvalue weighted by Gasteiger charge is -2.44. The van der Waals surface area contributed by atoms with Crippen LogP contribution in [-0.2, 0) is 27.8 Å². The minimum Gasteiger partial charge on any atom is -0.467 e. The molecule has 0 saturated carbocycles. The van der Waals surface area contributed by atoms with Gasteiger partial charge in [0.2, 0.25) is 5.91 Å². The molecule has 1 N–H and O–H groups in total. The highest BCUT2D eigenvalue weighted by molar-refractivity contribution is 6.04. The van der Waals surface area contributed by atoms with Crippen molar-refractivity contribution in [1.82, 2.24) is 14.9 Å². The number of benzene rings is 1. The first-order chi connectivity index (χ1) is 18.2. The Kier molecular flexibility index (Phi) is 6.51. The molecule has 0 bridgehead atoms. The summed E-state index contributed by atoms with van der Waals surface area (Å²) < 4.78 is 34.0. The largest absolute Gasteiger partial charge is 0.467 e. The van der Waals surface area contributed by atoms with E-state index in [4.69, 9.17) is 4.74 Å². The molecule has 0 radical (unpaired) electrons. The number of anilines is 2. The van der Waals surface area contributed by atoms with Crippen molar-refractivity contribution in [2.75, 3.05) is 37.0 Å². The number of nitrogens with one attached hydrogen (secondary N) is 1. The molecule has 3 heterocycles. The third-order valence-electron chi connectivity index (χ3n) is 7.85. The molecule has 1 spiro atoms. The second-order valence-corrected chi connectivity index (χ2v) is 10.0.